The van der Waals surface area contributed by atoms with Crippen molar-refractivity contribution in [3.05, 3.63) is 30.6 Å². The number of hydrogen-bond acceptors (Lipinski definition) is 6. The number of H-pyrrole nitrogens is 1. The molecule has 0 aromatic carbocycles. The topological polar surface area (TPSA) is 125 Å². The van der Waals surface area contributed by atoms with Crippen molar-refractivity contribution >= 4 is 22.6 Å². The van der Waals surface area contributed by atoms with Crippen molar-refractivity contribution in [2.75, 3.05) is 6.61 Å². The first-order chi connectivity index (χ1) is 9.43. The van der Waals surface area contributed by atoms with Crippen molar-refractivity contribution in [2.24, 2.45) is 0 Å². The van der Waals surface area contributed by atoms with E-state index >= 15 is 0 Å². The third-order valence-corrected chi connectivity index (χ3v) is 4.00. The largest absolute Gasteiger partial charge is 0.394 e. The molecule has 0 aliphatic carbocycles. The maximum Gasteiger partial charge on any atom is 0.330 e. The van der Waals surface area contributed by atoms with Gasteiger partial charge in [-0.25, -0.2) is 4.79 Å². The summed E-state index contributed by atoms with van der Waals surface area (Å²) < 4.78 is 6.99. The highest BCUT2D eigenvalue weighted by atomic mass is 127. The van der Waals surface area contributed by atoms with Gasteiger partial charge in [0, 0.05) is 6.20 Å². The van der Waals surface area contributed by atoms with Crippen LogP contribution < -0.4 is 11.2 Å². The monoisotopic (exact) mass is 398 g/mol. The van der Waals surface area contributed by atoms with Crippen LogP contribution in [0.3, 0.4) is 0 Å². The molecule has 0 amide bonds. The van der Waals surface area contributed by atoms with Gasteiger partial charge in [0.1, 0.15) is 18.4 Å². The summed E-state index contributed by atoms with van der Waals surface area (Å²) in [4.78, 5) is 25.3. The summed E-state index contributed by atoms with van der Waals surface area (Å²) in [7, 11) is 0. The molecular weight excluding hydrogens is 383 g/mol. The van der Waals surface area contributed by atoms with Crippen LogP contribution in [0.4, 0.5) is 0 Å². The van der Waals surface area contributed by atoms with E-state index in [1.807, 2.05) is 0 Å². The van der Waals surface area contributed by atoms with Gasteiger partial charge in [0.2, 0.25) is 0 Å². The molecule has 0 radical (unpaired) electrons. The van der Waals surface area contributed by atoms with Crippen LogP contribution in [0.5, 0.6) is 0 Å². The van der Waals surface area contributed by atoms with Crippen LogP contribution in [-0.2, 0) is 4.74 Å². The molecule has 1 aromatic rings. The van der Waals surface area contributed by atoms with E-state index in [0.29, 0.717) is 3.57 Å². The number of aromatic nitrogens is 2. The predicted octanol–water partition coefficient (Wildman–Crippen LogP) is -1.47. The molecule has 1 aromatic heterocycles. The van der Waals surface area contributed by atoms with E-state index in [1.54, 1.807) is 22.6 Å². The zero-order valence-corrected chi connectivity index (χ0v) is 12.6. The molecule has 112 valence electrons. The molecule has 0 spiro atoms. The average molecular weight is 398 g/mol. The minimum atomic E-state index is -1.22. The predicted molar refractivity (Wildman–Crippen MR) is 76.3 cm³/mol. The summed E-state index contributed by atoms with van der Waals surface area (Å²) in [6.07, 6.45) is -2.17. The zero-order chi connectivity index (χ0) is 14.9. The van der Waals surface area contributed by atoms with E-state index in [9.17, 15) is 24.9 Å². The summed E-state index contributed by atoms with van der Waals surface area (Å²) in [5.74, 6) is 0. The lowest BCUT2D eigenvalue weighted by molar-refractivity contribution is -0.130. The molecule has 20 heavy (non-hydrogen) atoms. The van der Waals surface area contributed by atoms with Crippen molar-refractivity contribution in [1.29, 1.82) is 0 Å². The first-order valence-corrected chi connectivity index (χ1v) is 7.15. The number of ether oxygens (including phenoxy) is 1. The fourth-order valence-corrected chi connectivity index (χ4v) is 2.55. The molecule has 0 saturated carbocycles. The van der Waals surface area contributed by atoms with Crippen molar-refractivity contribution in [3.8, 4) is 0 Å². The van der Waals surface area contributed by atoms with Crippen LogP contribution in [-0.4, -0.2) is 49.8 Å². The lowest BCUT2D eigenvalue weighted by Gasteiger charge is -2.24. The van der Waals surface area contributed by atoms with Gasteiger partial charge in [-0.2, -0.15) is 0 Å². The van der Waals surface area contributed by atoms with Crippen molar-refractivity contribution in [1.82, 2.24) is 9.55 Å². The Morgan fingerprint density at radius 2 is 2.10 bits per heavy atom. The second-order valence-corrected chi connectivity index (χ2v) is 5.75. The van der Waals surface area contributed by atoms with E-state index in [1.165, 1.54) is 10.8 Å². The highest BCUT2D eigenvalue weighted by molar-refractivity contribution is 14.1. The summed E-state index contributed by atoms with van der Waals surface area (Å²) in [5, 5.41) is 28.7. The zero-order valence-electron chi connectivity index (χ0n) is 10.4. The van der Waals surface area contributed by atoms with E-state index in [0.717, 1.165) is 0 Å². The van der Waals surface area contributed by atoms with Crippen LogP contribution in [0, 0.1) is 3.57 Å². The first-order valence-electron chi connectivity index (χ1n) is 6.07. The maximum atomic E-state index is 11.8. The van der Waals surface area contributed by atoms with Gasteiger partial charge in [-0.1, -0.05) is 0 Å². The van der Waals surface area contributed by atoms with Gasteiger partial charge in [-0.3, -0.25) is 14.3 Å². The van der Waals surface area contributed by atoms with E-state index in [2.05, 4.69) is 4.98 Å². The van der Waals surface area contributed by atoms with Crippen LogP contribution in [0.25, 0.3) is 0 Å². The van der Waals surface area contributed by atoms with Crippen LogP contribution in [0.2, 0.25) is 0 Å². The molecule has 2 heterocycles. The van der Waals surface area contributed by atoms with E-state index in [-0.39, 0.29) is 12.8 Å². The Hall–Kier alpha value is -0.750. The summed E-state index contributed by atoms with van der Waals surface area (Å²) in [6.45, 7) is -0.482. The highest BCUT2D eigenvalue weighted by Gasteiger charge is 2.34. The third-order valence-electron chi connectivity index (χ3n) is 3.23. The normalized spacial score (nSPS) is 31.0. The van der Waals surface area contributed by atoms with Crippen LogP contribution in [0.15, 0.2) is 15.8 Å². The Morgan fingerprint density at radius 1 is 1.40 bits per heavy atom. The van der Waals surface area contributed by atoms with Gasteiger partial charge in [-0.15, -0.1) is 0 Å². The van der Waals surface area contributed by atoms with E-state index in [4.69, 9.17) is 4.74 Å². The minimum absolute atomic E-state index is 0.213. The number of aliphatic hydroxyl groups is 3. The van der Waals surface area contributed by atoms with Gasteiger partial charge in [0.15, 0.2) is 0 Å². The minimum Gasteiger partial charge on any atom is -0.394 e. The fraction of sp³-hybridized carbons (Fsp3) is 0.636. The number of nitrogens with one attached hydrogen (secondary N) is 1. The molecule has 1 saturated heterocycles. The molecule has 8 nitrogen and oxygen atoms in total. The first kappa shape index (κ1) is 15.6. The summed E-state index contributed by atoms with van der Waals surface area (Å²) in [5.41, 5.74) is -1.12. The molecule has 9 heteroatoms. The summed E-state index contributed by atoms with van der Waals surface area (Å²) in [6, 6.07) is 0. The van der Waals surface area contributed by atoms with Crippen molar-refractivity contribution < 1.29 is 20.1 Å². The highest BCUT2D eigenvalue weighted by Crippen LogP contribution is 2.25. The molecule has 1 unspecified atom stereocenters. The SMILES string of the molecule is O=c1[nH]c(=O)n(C2CC[C@H](O)[C@H](O)[C@@H](CO)O2)cc1I. The number of hydrogen-bond donors (Lipinski definition) is 4. The smallest absolute Gasteiger partial charge is 0.330 e. The van der Waals surface area contributed by atoms with Gasteiger partial charge >= 0.3 is 5.69 Å². The average Bonchev–Trinajstić information content (AvgIpc) is 2.55. The molecule has 0 bridgehead atoms. The van der Waals surface area contributed by atoms with Gasteiger partial charge in [-0.05, 0) is 35.4 Å². The molecule has 1 aliphatic heterocycles. The van der Waals surface area contributed by atoms with Gasteiger partial charge in [0.25, 0.3) is 5.56 Å². The molecule has 1 aliphatic rings. The van der Waals surface area contributed by atoms with Crippen LogP contribution >= 0.6 is 22.6 Å². The number of aromatic amines is 1. The summed E-state index contributed by atoms with van der Waals surface area (Å²) >= 11 is 1.79. The quantitative estimate of drug-likeness (QED) is 0.451. The standard InChI is InChI=1S/C11H15IN2O6/c12-5-3-14(11(19)13-10(5)18)8-2-1-6(16)9(17)7(4-15)20-8/h3,6-9,15-17H,1-2,4H2,(H,13,18,19)/t6-,7+,8?,9-/m0/s1. The molecule has 4 atom stereocenters. The van der Waals surface area contributed by atoms with Crippen LogP contribution in [0.1, 0.15) is 19.1 Å². The second-order valence-electron chi connectivity index (χ2n) is 4.59. The number of aliphatic hydroxyl groups excluding tert-OH is 3. The molecule has 4 N–H and O–H groups in total. The van der Waals surface area contributed by atoms with Gasteiger partial charge in [0.05, 0.1) is 16.3 Å². The lowest BCUT2D eigenvalue weighted by Crippen LogP contribution is -2.41. The lowest BCUT2D eigenvalue weighted by atomic mass is 10.1. The van der Waals surface area contributed by atoms with Gasteiger partial charge < -0.3 is 20.1 Å². The van der Waals surface area contributed by atoms with Crippen molar-refractivity contribution in [2.45, 2.75) is 37.4 Å². The fourth-order valence-electron chi connectivity index (χ4n) is 2.11. The Balaban J connectivity index is 2.35. The number of halogens is 1. The molecule has 1 fully saturated rings. The molecule has 2 rings (SSSR count). The Kier molecular flexibility index (Phi) is 4.96. The number of nitrogens with zero attached hydrogens (tertiary/aromatic N) is 1. The third kappa shape index (κ3) is 3.11. The number of rotatable bonds is 2. The molecular formula is C11H15IN2O6. The second kappa shape index (κ2) is 6.35. The Bertz CT molecular complexity index is 585. The Morgan fingerprint density at radius 3 is 2.75 bits per heavy atom. The Labute approximate surface area is 127 Å². The van der Waals surface area contributed by atoms with E-state index < -0.39 is 42.4 Å². The maximum absolute atomic E-state index is 11.8. The van der Waals surface area contributed by atoms with Crippen molar-refractivity contribution in [3.63, 3.8) is 0 Å².